The smallest absolute Gasteiger partial charge is 0.337 e. The van der Waals surface area contributed by atoms with Gasteiger partial charge in [-0.1, -0.05) is 19.8 Å². The molecule has 0 aromatic carbocycles. The van der Waals surface area contributed by atoms with Crippen LogP contribution in [-0.2, 0) is 6.42 Å². The zero-order chi connectivity index (χ0) is 10.8. The molecule has 0 aliphatic heterocycles. The van der Waals surface area contributed by atoms with E-state index in [1.54, 1.807) is 6.07 Å². The standard InChI is InChI=1S/C12H17NO2/c1-2-4-9-7-10(12(14)15)11(13-9)8-5-3-6-8/h7-8,13H,2-6H2,1H3,(H,14,15). The molecule has 0 spiro atoms. The lowest BCUT2D eigenvalue weighted by atomic mass is 9.82. The summed E-state index contributed by atoms with van der Waals surface area (Å²) in [6.45, 7) is 2.10. The average Bonchev–Trinajstić information content (AvgIpc) is 2.46. The van der Waals surface area contributed by atoms with E-state index >= 15 is 0 Å². The molecule has 0 radical (unpaired) electrons. The van der Waals surface area contributed by atoms with Gasteiger partial charge in [-0.05, 0) is 31.2 Å². The fourth-order valence-electron chi connectivity index (χ4n) is 2.13. The van der Waals surface area contributed by atoms with Crippen molar-refractivity contribution in [3.8, 4) is 0 Å². The van der Waals surface area contributed by atoms with Gasteiger partial charge in [0, 0.05) is 11.4 Å². The van der Waals surface area contributed by atoms with Crippen molar-refractivity contribution in [1.82, 2.24) is 4.98 Å². The zero-order valence-electron chi connectivity index (χ0n) is 9.05. The van der Waals surface area contributed by atoms with Crippen molar-refractivity contribution in [3.63, 3.8) is 0 Å². The van der Waals surface area contributed by atoms with Gasteiger partial charge in [-0.15, -0.1) is 0 Å². The van der Waals surface area contributed by atoms with Crippen LogP contribution in [0.3, 0.4) is 0 Å². The first-order valence-electron chi connectivity index (χ1n) is 5.67. The predicted molar refractivity (Wildman–Crippen MR) is 58.3 cm³/mol. The minimum atomic E-state index is -0.796. The molecule has 3 nitrogen and oxygen atoms in total. The Labute approximate surface area is 89.5 Å². The zero-order valence-corrected chi connectivity index (χ0v) is 9.05. The van der Waals surface area contributed by atoms with E-state index in [2.05, 4.69) is 11.9 Å². The molecule has 1 aliphatic carbocycles. The van der Waals surface area contributed by atoms with Gasteiger partial charge in [0.25, 0.3) is 0 Å². The minimum Gasteiger partial charge on any atom is -0.478 e. The molecule has 0 saturated heterocycles. The Bertz CT molecular complexity index is 364. The Hall–Kier alpha value is -1.25. The Morgan fingerprint density at radius 2 is 2.33 bits per heavy atom. The molecule has 15 heavy (non-hydrogen) atoms. The normalized spacial score (nSPS) is 16.3. The summed E-state index contributed by atoms with van der Waals surface area (Å²) in [6.07, 6.45) is 5.47. The third-order valence-corrected chi connectivity index (χ3v) is 3.17. The molecule has 0 amide bonds. The Morgan fingerprint density at radius 1 is 1.60 bits per heavy atom. The average molecular weight is 207 g/mol. The Balaban J connectivity index is 2.28. The van der Waals surface area contributed by atoms with Crippen molar-refractivity contribution in [1.29, 1.82) is 0 Å². The summed E-state index contributed by atoms with van der Waals surface area (Å²) < 4.78 is 0. The van der Waals surface area contributed by atoms with Crippen molar-refractivity contribution in [2.75, 3.05) is 0 Å². The molecule has 82 valence electrons. The molecule has 0 unspecified atom stereocenters. The summed E-state index contributed by atoms with van der Waals surface area (Å²) in [5.41, 5.74) is 2.51. The second-order valence-corrected chi connectivity index (χ2v) is 4.30. The number of carboxylic acid groups (broad SMARTS) is 1. The summed E-state index contributed by atoms with van der Waals surface area (Å²) in [6, 6.07) is 1.81. The van der Waals surface area contributed by atoms with Crippen molar-refractivity contribution in [2.24, 2.45) is 0 Å². The van der Waals surface area contributed by atoms with E-state index in [1.165, 1.54) is 6.42 Å². The van der Waals surface area contributed by atoms with Crippen molar-refractivity contribution < 1.29 is 9.90 Å². The maximum absolute atomic E-state index is 11.1. The number of rotatable bonds is 4. The number of hydrogen-bond donors (Lipinski definition) is 2. The van der Waals surface area contributed by atoms with Crippen LogP contribution >= 0.6 is 0 Å². The van der Waals surface area contributed by atoms with Gasteiger partial charge in [0.15, 0.2) is 0 Å². The van der Waals surface area contributed by atoms with E-state index in [0.29, 0.717) is 11.5 Å². The highest BCUT2D eigenvalue weighted by Gasteiger charge is 2.26. The first-order chi connectivity index (χ1) is 7.22. The van der Waals surface area contributed by atoms with Gasteiger partial charge in [-0.3, -0.25) is 0 Å². The van der Waals surface area contributed by atoms with Crippen LogP contribution in [0, 0.1) is 0 Å². The lowest BCUT2D eigenvalue weighted by molar-refractivity contribution is 0.0694. The molecule has 1 aromatic rings. The fourth-order valence-corrected chi connectivity index (χ4v) is 2.13. The van der Waals surface area contributed by atoms with E-state index in [1.807, 2.05) is 0 Å². The number of hydrogen-bond acceptors (Lipinski definition) is 1. The molecule has 2 rings (SSSR count). The van der Waals surface area contributed by atoms with Gasteiger partial charge in [0.05, 0.1) is 5.56 Å². The van der Waals surface area contributed by atoms with Gasteiger partial charge in [-0.25, -0.2) is 4.79 Å². The quantitative estimate of drug-likeness (QED) is 0.797. The SMILES string of the molecule is CCCc1cc(C(=O)O)c(C2CCC2)[nH]1. The molecular formula is C12H17NO2. The van der Waals surface area contributed by atoms with Gasteiger partial charge in [0.1, 0.15) is 0 Å². The third-order valence-electron chi connectivity index (χ3n) is 3.17. The monoisotopic (exact) mass is 207 g/mol. The van der Waals surface area contributed by atoms with Crippen LogP contribution in [-0.4, -0.2) is 16.1 Å². The summed E-state index contributed by atoms with van der Waals surface area (Å²) in [7, 11) is 0. The summed E-state index contributed by atoms with van der Waals surface area (Å²) in [5.74, 6) is -0.336. The van der Waals surface area contributed by atoms with Gasteiger partial charge in [-0.2, -0.15) is 0 Å². The van der Waals surface area contributed by atoms with Gasteiger partial charge >= 0.3 is 5.97 Å². The highest BCUT2D eigenvalue weighted by atomic mass is 16.4. The number of nitrogens with one attached hydrogen (secondary N) is 1. The number of aromatic carboxylic acids is 1. The Kier molecular flexibility index (Phi) is 2.80. The minimum absolute atomic E-state index is 0.460. The maximum Gasteiger partial charge on any atom is 0.337 e. The van der Waals surface area contributed by atoms with Crippen LogP contribution in [0.4, 0.5) is 0 Å². The van der Waals surface area contributed by atoms with Crippen LogP contribution in [0.5, 0.6) is 0 Å². The van der Waals surface area contributed by atoms with Crippen LogP contribution < -0.4 is 0 Å². The van der Waals surface area contributed by atoms with E-state index in [-0.39, 0.29) is 0 Å². The Morgan fingerprint density at radius 3 is 2.80 bits per heavy atom. The molecule has 3 heteroatoms. The topological polar surface area (TPSA) is 53.1 Å². The molecular weight excluding hydrogens is 190 g/mol. The number of aromatic nitrogens is 1. The second-order valence-electron chi connectivity index (χ2n) is 4.30. The van der Waals surface area contributed by atoms with Crippen molar-refractivity contribution in [2.45, 2.75) is 44.9 Å². The number of carbonyl (C=O) groups is 1. The molecule has 1 aliphatic rings. The second kappa shape index (κ2) is 4.09. The largest absolute Gasteiger partial charge is 0.478 e. The van der Waals surface area contributed by atoms with Crippen molar-refractivity contribution >= 4 is 5.97 Å². The molecule has 0 atom stereocenters. The fraction of sp³-hybridized carbons (Fsp3) is 0.583. The van der Waals surface area contributed by atoms with Gasteiger partial charge < -0.3 is 10.1 Å². The van der Waals surface area contributed by atoms with Crippen LogP contribution in [0.25, 0.3) is 0 Å². The van der Waals surface area contributed by atoms with Crippen molar-refractivity contribution in [3.05, 3.63) is 23.0 Å². The predicted octanol–water partition coefficient (Wildman–Crippen LogP) is 2.93. The van der Waals surface area contributed by atoms with Crippen LogP contribution in [0.15, 0.2) is 6.07 Å². The molecule has 1 heterocycles. The molecule has 2 N–H and O–H groups in total. The molecule has 0 bridgehead atoms. The molecule has 1 saturated carbocycles. The summed E-state index contributed by atoms with van der Waals surface area (Å²) in [4.78, 5) is 14.3. The first-order valence-corrected chi connectivity index (χ1v) is 5.67. The lowest BCUT2D eigenvalue weighted by Crippen LogP contribution is -2.13. The summed E-state index contributed by atoms with van der Waals surface area (Å²) in [5, 5.41) is 9.10. The third kappa shape index (κ3) is 1.91. The van der Waals surface area contributed by atoms with Gasteiger partial charge in [0.2, 0.25) is 0 Å². The number of H-pyrrole nitrogens is 1. The maximum atomic E-state index is 11.1. The molecule has 1 aromatic heterocycles. The van der Waals surface area contributed by atoms with Crippen LogP contribution in [0.2, 0.25) is 0 Å². The van der Waals surface area contributed by atoms with E-state index in [9.17, 15) is 4.79 Å². The number of carboxylic acids is 1. The highest BCUT2D eigenvalue weighted by Crippen LogP contribution is 2.37. The lowest BCUT2D eigenvalue weighted by Gasteiger charge is -2.25. The van der Waals surface area contributed by atoms with E-state index in [0.717, 1.165) is 37.1 Å². The summed E-state index contributed by atoms with van der Waals surface area (Å²) >= 11 is 0. The first kappa shape index (κ1) is 10.3. The van der Waals surface area contributed by atoms with E-state index < -0.39 is 5.97 Å². The van der Waals surface area contributed by atoms with Crippen LogP contribution in [0.1, 0.15) is 60.3 Å². The number of aryl methyl sites for hydroxylation is 1. The van der Waals surface area contributed by atoms with E-state index in [4.69, 9.17) is 5.11 Å². The highest BCUT2D eigenvalue weighted by molar-refractivity contribution is 5.89. The molecule has 1 fully saturated rings. The number of aromatic amines is 1.